The van der Waals surface area contributed by atoms with Crippen LogP contribution in [0.25, 0.3) is 0 Å². The van der Waals surface area contributed by atoms with Crippen LogP contribution < -0.4 is 0 Å². The van der Waals surface area contributed by atoms with Gasteiger partial charge in [-0.1, -0.05) is 33.6 Å². The van der Waals surface area contributed by atoms with Crippen molar-refractivity contribution in [3.63, 3.8) is 0 Å². The number of carboxylic acid groups (broad SMARTS) is 1. The minimum Gasteiger partial charge on any atom is -0.481 e. The van der Waals surface area contributed by atoms with Crippen LogP contribution in [0.3, 0.4) is 0 Å². The maximum absolute atomic E-state index is 10.9. The Kier molecular flexibility index (Phi) is 4.16. The fourth-order valence-corrected chi connectivity index (χ4v) is 3.19. The lowest BCUT2D eigenvalue weighted by Gasteiger charge is -2.22. The van der Waals surface area contributed by atoms with Gasteiger partial charge in [-0.05, 0) is 24.7 Å². The Morgan fingerprint density at radius 1 is 1.35 bits per heavy atom. The normalized spacial score (nSPS) is 18.4. The summed E-state index contributed by atoms with van der Waals surface area (Å²) in [5.41, 5.74) is -0.313. The lowest BCUT2D eigenvalue weighted by molar-refractivity contribution is -0.139. The van der Waals surface area contributed by atoms with Crippen molar-refractivity contribution >= 4 is 5.97 Å². The molecule has 0 radical (unpaired) electrons. The Bertz CT molecular complexity index is 473. The predicted octanol–water partition coefficient (Wildman–Crippen LogP) is 3.33. The first-order valence-corrected chi connectivity index (χ1v) is 7.42. The Labute approximate surface area is 119 Å². The molecule has 5 heteroatoms. The highest BCUT2D eigenvalue weighted by Crippen LogP contribution is 2.43. The standard InChI is InChI=1S/C15H24N2O3/c1-4-15(7-5-6-8-15)13-17-16-11(20-13)9-14(2,3)10-12(18)19/h4-10H2,1-3H3,(H,18,19). The van der Waals surface area contributed by atoms with Crippen LogP contribution in [0.5, 0.6) is 0 Å². The molecule has 0 bridgehead atoms. The third-order valence-electron chi connectivity index (χ3n) is 4.42. The molecule has 1 aliphatic carbocycles. The summed E-state index contributed by atoms with van der Waals surface area (Å²) in [6.45, 7) is 6.00. The van der Waals surface area contributed by atoms with Gasteiger partial charge in [0, 0.05) is 11.8 Å². The van der Waals surface area contributed by atoms with Crippen molar-refractivity contribution < 1.29 is 14.3 Å². The Morgan fingerprint density at radius 2 is 2.00 bits per heavy atom. The van der Waals surface area contributed by atoms with E-state index in [9.17, 15) is 4.79 Å². The van der Waals surface area contributed by atoms with Gasteiger partial charge in [0.05, 0.1) is 6.42 Å². The van der Waals surface area contributed by atoms with Crippen LogP contribution in [0.1, 0.15) is 71.1 Å². The third kappa shape index (κ3) is 3.19. The molecule has 112 valence electrons. The summed E-state index contributed by atoms with van der Waals surface area (Å²) in [6.07, 6.45) is 6.29. The van der Waals surface area contributed by atoms with Gasteiger partial charge in [-0.25, -0.2) is 0 Å². The maximum Gasteiger partial charge on any atom is 0.303 e. The minimum absolute atomic E-state index is 0.0577. The Balaban J connectivity index is 2.11. The summed E-state index contributed by atoms with van der Waals surface area (Å²) in [5.74, 6) is 0.514. The second-order valence-corrected chi connectivity index (χ2v) is 6.75. The van der Waals surface area contributed by atoms with Crippen molar-refractivity contribution in [2.24, 2.45) is 5.41 Å². The van der Waals surface area contributed by atoms with Crippen molar-refractivity contribution in [2.45, 2.75) is 71.1 Å². The van der Waals surface area contributed by atoms with Crippen molar-refractivity contribution in [3.8, 4) is 0 Å². The van der Waals surface area contributed by atoms with E-state index in [2.05, 4.69) is 17.1 Å². The molecule has 1 aromatic rings. The minimum atomic E-state index is -0.796. The van der Waals surface area contributed by atoms with E-state index in [1.54, 1.807) is 0 Å². The van der Waals surface area contributed by atoms with E-state index >= 15 is 0 Å². The summed E-state index contributed by atoms with van der Waals surface area (Å²) < 4.78 is 5.86. The third-order valence-corrected chi connectivity index (χ3v) is 4.42. The largest absolute Gasteiger partial charge is 0.481 e. The van der Waals surface area contributed by atoms with Gasteiger partial charge >= 0.3 is 5.97 Å². The fourth-order valence-electron chi connectivity index (χ4n) is 3.19. The molecular formula is C15H24N2O3. The van der Waals surface area contributed by atoms with Crippen LogP contribution in [-0.4, -0.2) is 21.3 Å². The Hall–Kier alpha value is -1.39. The molecule has 5 nitrogen and oxygen atoms in total. The van der Waals surface area contributed by atoms with Gasteiger partial charge in [-0.2, -0.15) is 0 Å². The number of aromatic nitrogens is 2. The van der Waals surface area contributed by atoms with E-state index in [0.717, 1.165) is 25.2 Å². The van der Waals surface area contributed by atoms with Crippen LogP contribution >= 0.6 is 0 Å². The van der Waals surface area contributed by atoms with Crippen molar-refractivity contribution in [3.05, 3.63) is 11.8 Å². The smallest absolute Gasteiger partial charge is 0.303 e. The van der Waals surface area contributed by atoms with Gasteiger partial charge in [-0.3, -0.25) is 4.79 Å². The molecular weight excluding hydrogens is 256 g/mol. The average molecular weight is 280 g/mol. The topological polar surface area (TPSA) is 76.2 Å². The lowest BCUT2D eigenvalue weighted by Crippen LogP contribution is -2.21. The molecule has 0 saturated heterocycles. The number of carbonyl (C=O) groups is 1. The fraction of sp³-hybridized carbons (Fsp3) is 0.800. The number of hydrogen-bond acceptors (Lipinski definition) is 4. The molecule has 2 rings (SSSR count). The lowest BCUT2D eigenvalue weighted by atomic mass is 9.83. The molecule has 0 amide bonds. The van der Waals surface area contributed by atoms with Crippen molar-refractivity contribution in [1.82, 2.24) is 10.2 Å². The number of aliphatic carboxylic acids is 1. The summed E-state index contributed by atoms with van der Waals surface area (Å²) in [4.78, 5) is 10.9. The quantitative estimate of drug-likeness (QED) is 0.864. The summed E-state index contributed by atoms with van der Waals surface area (Å²) in [6, 6.07) is 0. The molecule has 0 unspecified atom stereocenters. The Morgan fingerprint density at radius 3 is 2.55 bits per heavy atom. The van der Waals surface area contributed by atoms with E-state index in [1.807, 2.05) is 13.8 Å². The molecule has 1 saturated carbocycles. The summed E-state index contributed by atoms with van der Waals surface area (Å²) >= 11 is 0. The second-order valence-electron chi connectivity index (χ2n) is 6.75. The second kappa shape index (κ2) is 5.54. The average Bonchev–Trinajstić information content (AvgIpc) is 2.95. The summed E-state index contributed by atoms with van der Waals surface area (Å²) in [5, 5.41) is 17.3. The molecule has 1 fully saturated rings. The molecule has 20 heavy (non-hydrogen) atoms. The molecule has 0 aliphatic heterocycles. The van der Waals surface area contributed by atoms with Crippen LogP contribution in [0, 0.1) is 5.41 Å². The van der Waals surface area contributed by atoms with Crippen molar-refractivity contribution in [2.75, 3.05) is 0 Å². The first kappa shape index (κ1) is 15.0. The first-order valence-electron chi connectivity index (χ1n) is 7.42. The van der Waals surface area contributed by atoms with Crippen LogP contribution in [-0.2, 0) is 16.6 Å². The number of rotatable bonds is 6. The monoisotopic (exact) mass is 280 g/mol. The number of nitrogens with zero attached hydrogens (tertiary/aromatic N) is 2. The van der Waals surface area contributed by atoms with Gasteiger partial charge in [0.1, 0.15) is 0 Å². The van der Waals surface area contributed by atoms with E-state index in [-0.39, 0.29) is 17.3 Å². The molecule has 1 aromatic heterocycles. The molecule has 1 aliphatic rings. The van der Waals surface area contributed by atoms with Gasteiger partial charge in [-0.15, -0.1) is 10.2 Å². The van der Waals surface area contributed by atoms with Crippen LogP contribution in [0.15, 0.2) is 4.42 Å². The highest BCUT2D eigenvalue weighted by Gasteiger charge is 2.39. The van der Waals surface area contributed by atoms with E-state index in [1.165, 1.54) is 12.8 Å². The van der Waals surface area contributed by atoms with E-state index < -0.39 is 5.97 Å². The molecule has 0 atom stereocenters. The van der Waals surface area contributed by atoms with Crippen molar-refractivity contribution in [1.29, 1.82) is 0 Å². The summed E-state index contributed by atoms with van der Waals surface area (Å²) in [7, 11) is 0. The SMILES string of the molecule is CCC1(c2nnc(CC(C)(C)CC(=O)O)o2)CCCC1. The zero-order chi connectivity index (χ0) is 14.8. The first-order chi connectivity index (χ1) is 9.37. The van der Waals surface area contributed by atoms with Crippen LogP contribution in [0.4, 0.5) is 0 Å². The molecule has 1 N–H and O–H groups in total. The predicted molar refractivity (Wildman–Crippen MR) is 74.5 cm³/mol. The molecule has 0 spiro atoms. The van der Waals surface area contributed by atoms with E-state index in [4.69, 9.17) is 9.52 Å². The van der Waals surface area contributed by atoms with Gasteiger partial charge in [0.2, 0.25) is 11.8 Å². The zero-order valence-corrected chi connectivity index (χ0v) is 12.6. The van der Waals surface area contributed by atoms with Gasteiger partial charge in [0.25, 0.3) is 0 Å². The van der Waals surface area contributed by atoms with Gasteiger partial charge < -0.3 is 9.52 Å². The number of carboxylic acids is 1. The molecule has 0 aromatic carbocycles. The number of hydrogen-bond donors (Lipinski definition) is 1. The maximum atomic E-state index is 10.9. The highest BCUT2D eigenvalue weighted by atomic mass is 16.4. The highest BCUT2D eigenvalue weighted by molar-refractivity contribution is 5.67. The molecule has 1 heterocycles. The van der Waals surface area contributed by atoms with Gasteiger partial charge in [0.15, 0.2) is 0 Å². The van der Waals surface area contributed by atoms with E-state index in [0.29, 0.717) is 12.3 Å². The van der Waals surface area contributed by atoms with Crippen LogP contribution in [0.2, 0.25) is 0 Å². The zero-order valence-electron chi connectivity index (χ0n) is 12.6.